The first-order valence-electron chi connectivity index (χ1n) is 7.03. The van der Waals surface area contributed by atoms with Gasteiger partial charge in [-0.2, -0.15) is 5.10 Å². The smallest absolute Gasteiger partial charge is 0.282 e. The van der Waals surface area contributed by atoms with E-state index in [1.165, 1.54) is 15.5 Å². The van der Waals surface area contributed by atoms with Crippen molar-refractivity contribution in [2.45, 2.75) is 13.0 Å². The normalized spacial score (nSPS) is 12.3. The number of halogens is 1. The fourth-order valence-corrected chi connectivity index (χ4v) is 2.88. The molecule has 3 rings (SSSR count). The van der Waals surface area contributed by atoms with Crippen LogP contribution in [0.3, 0.4) is 0 Å². The quantitative estimate of drug-likeness (QED) is 0.773. The molecule has 4 nitrogen and oxygen atoms in total. The Labute approximate surface area is 136 Å². The molecule has 0 aliphatic carbocycles. The zero-order valence-corrected chi connectivity index (χ0v) is 14.0. The summed E-state index contributed by atoms with van der Waals surface area (Å²) in [5, 5.41) is 9.81. The van der Waals surface area contributed by atoms with E-state index in [0.29, 0.717) is 10.2 Å². The number of rotatable bonds is 3. The summed E-state index contributed by atoms with van der Waals surface area (Å²) in [4.78, 5) is 11.9. The fourth-order valence-electron chi connectivity index (χ4n) is 2.41. The van der Waals surface area contributed by atoms with Gasteiger partial charge in [0.1, 0.15) is 4.47 Å². The van der Waals surface area contributed by atoms with E-state index in [-0.39, 0.29) is 11.6 Å². The molecule has 0 aliphatic heterocycles. The largest absolute Gasteiger partial charge is 0.376 e. The Morgan fingerprint density at radius 3 is 2.68 bits per heavy atom. The van der Waals surface area contributed by atoms with E-state index in [1.54, 1.807) is 13.2 Å². The summed E-state index contributed by atoms with van der Waals surface area (Å²) >= 11 is 3.34. The Hall–Kier alpha value is -2.14. The number of nitrogens with one attached hydrogen (secondary N) is 1. The first-order valence-corrected chi connectivity index (χ1v) is 7.82. The maximum atomic E-state index is 11.9. The van der Waals surface area contributed by atoms with Crippen molar-refractivity contribution in [1.29, 1.82) is 0 Å². The third-order valence-corrected chi connectivity index (χ3v) is 4.49. The van der Waals surface area contributed by atoms with Gasteiger partial charge in [-0.15, -0.1) is 0 Å². The van der Waals surface area contributed by atoms with Crippen molar-refractivity contribution in [3.63, 3.8) is 0 Å². The van der Waals surface area contributed by atoms with Gasteiger partial charge in [-0.25, -0.2) is 4.68 Å². The second-order valence-corrected chi connectivity index (χ2v) is 6.07. The molecule has 0 radical (unpaired) electrons. The van der Waals surface area contributed by atoms with E-state index in [9.17, 15) is 4.79 Å². The molecular weight excluding hydrogens is 342 g/mol. The number of aromatic nitrogens is 2. The van der Waals surface area contributed by atoms with Crippen LogP contribution in [-0.2, 0) is 7.05 Å². The lowest BCUT2D eigenvalue weighted by molar-refractivity contribution is 0.701. The summed E-state index contributed by atoms with van der Waals surface area (Å²) in [6.45, 7) is 2.06. The van der Waals surface area contributed by atoms with Gasteiger partial charge < -0.3 is 5.32 Å². The SMILES string of the molecule is CC(Nc1cnn(C)c(=O)c1Br)c1ccc2ccccc2c1. The molecule has 0 bridgehead atoms. The number of nitrogens with zero attached hydrogens (tertiary/aromatic N) is 2. The minimum atomic E-state index is -0.157. The van der Waals surface area contributed by atoms with Gasteiger partial charge >= 0.3 is 0 Å². The van der Waals surface area contributed by atoms with Crippen molar-refractivity contribution in [3.05, 3.63) is 69.1 Å². The van der Waals surface area contributed by atoms with Crippen molar-refractivity contribution in [1.82, 2.24) is 9.78 Å². The second kappa shape index (κ2) is 5.93. The average Bonchev–Trinajstić information content (AvgIpc) is 2.55. The molecule has 1 unspecified atom stereocenters. The molecule has 0 saturated carbocycles. The maximum absolute atomic E-state index is 11.9. The Kier molecular flexibility index (Phi) is 3.98. The molecule has 1 atom stereocenters. The van der Waals surface area contributed by atoms with Crippen LogP contribution in [0.15, 0.2) is 57.9 Å². The van der Waals surface area contributed by atoms with Gasteiger partial charge in [0.15, 0.2) is 0 Å². The van der Waals surface area contributed by atoms with Crippen LogP contribution in [0.2, 0.25) is 0 Å². The molecule has 22 heavy (non-hydrogen) atoms. The molecule has 1 N–H and O–H groups in total. The molecule has 5 heteroatoms. The minimum Gasteiger partial charge on any atom is -0.376 e. The van der Waals surface area contributed by atoms with Crippen LogP contribution in [0, 0.1) is 0 Å². The zero-order valence-electron chi connectivity index (χ0n) is 12.4. The second-order valence-electron chi connectivity index (χ2n) is 5.27. The summed E-state index contributed by atoms with van der Waals surface area (Å²) in [6.07, 6.45) is 1.66. The fraction of sp³-hybridized carbons (Fsp3) is 0.176. The van der Waals surface area contributed by atoms with Crippen molar-refractivity contribution in [3.8, 4) is 0 Å². The first-order chi connectivity index (χ1) is 10.6. The van der Waals surface area contributed by atoms with E-state index in [2.05, 4.69) is 63.6 Å². The molecule has 0 fully saturated rings. The highest BCUT2D eigenvalue weighted by Crippen LogP contribution is 2.25. The van der Waals surface area contributed by atoms with Gasteiger partial charge in [0.05, 0.1) is 11.9 Å². The standard InChI is InChI=1S/C17H16BrN3O/c1-11(20-15-10-19-21(2)17(22)16(15)18)13-8-7-12-5-3-4-6-14(12)9-13/h3-11,20H,1-2H3. The number of anilines is 1. The van der Waals surface area contributed by atoms with Crippen molar-refractivity contribution < 1.29 is 0 Å². The summed E-state index contributed by atoms with van der Waals surface area (Å²) in [6, 6.07) is 14.7. The van der Waals surface area contributed by atoms with E-state index in [0.717, 1.165) is 5.56 Å². The number of hydrogen-bond donors (Lipinski definition) is 1. The summed E-state index contributed by atoms with van der Waals surface area (Å²) in [5.41, 5.74) is 1.70. The Bertz CT molecular complexity index is 888. The lowest BCUT2D eigenvalue weighted by atomic mass is 10.0. The van der Waals surface area contributed by atoms with Crippen LogP contribution in [0.4, 0.5) is 5.69 Å². The highest BCUT2D eigenvalue weighted by atomic mass is 79.9. The summed E-state index contributed by atoms with van der Waals surface area (Å²) in [7, 11) is 1.63. The molecule has 0 saturated heterocycles. The molecule has 0 spiro atoms. The molecule has 1 aromatic heterocycles. The molecular formula is C17H16BrN3O. The van der Waals surface area contributed by atoms with Gasteiger partial charge in [-0.05, 0) is 45.3 Å². The number of benzene rings is 2. The Morgan fingerprint density at radius 1 is 1.18 bits per heavy atom. The van der Waals surface area contributed by atoms with Crippen LogP contribution >= 0.6 is 15.9 Å². The summed E-state index contributed by atoms with van der Waals surface area (Å²) in [5.74, 6) is 0. The van der Waals surface area contributed by atoms with Gasteiger partial charge in [0.25, 0.3) is 5.56 Å². The monoisotopic (exact) mass is 357 g/mol. The van der Waals surface area contributed by atoms with Gasteiger partial charge in [0.2, 0.25) is 0 Å². The highest BCUT2D eigenvalue weighted by Gasteiger charge is 2.11. The Morgan fingerprint density at radius 2 is 1.91 bits per heavy atom. The van der Waals surface area contributed by atoms with Crippen LogP contribution in [-0.4, -0.2) is 9.78 Å². The number of fused-ring (bicyclic) bond motifs is 1. The van der Waals surface area contributed by atoms with E-state index in [1.807, 2.05) is 12.1 Å². The van der Waals surface area contributed by atoms with Gasteiger partial charge in [-0.1, -0.05) is 36.4 Å². The molecule has 3 aromatic rings. The molecule has 0 amide bonds. The van der Waals surface area contributed by atoms with Crippen molar-refractivity contribution in [2.75, 3.05) is 5.32 Å². The van der Waals surface area contributed by atoms with Crippen LogP contribution in [0.1, 0.15) is 18.5 Å². The predicted molar refractivity (Wildman–Crippen MR) is 93.2 cm³/mol. The maximum Gasteiger partial charge on any atom is 0.282 e. The topological polar surface area (TPSA) is 46.9 Å². The molecule has 1 heterocycles. The third-order valence-electron chi connectivity index (χ3n) is 3.72. The zero-order chi connectivity index (χ0) is 15.7. The summed E-state index contributed by atoms with van der Waals surface area (Å²) < 4.78 is 1.80. The van der Waals surface area contributed by atoms with Crippen LogP contribution < -0.4 is 10.9 Å². The van der Waals surface area contributed by atoms with Crippen molar-refractivity contribution in [2.24, 2.45) is 7.05 Å². The van der Waals surface area contributed by atoms with E-state index in [4.69, 9.17) is 0 Å². The number of hydrogen-bond acceptors (Lipinski definition) is 3. The van der Waals surface area contributed by atoms with Crippen LogP contribution in [0.5, 0.6) is 0 Å². The van der Waals surface area contributed by atoms with Gasteiger partial charge in [0, 0.05) is 13.1 Å². The van der Waals surface area contributed by atoms with Crippen LogP contribution in [0.25, 0.3) is 10.8 Å². The highest BCUT2D eigenvalue weighted by molar-refractivity contribution is 9.10. The minimum absolute atomic E-state index is 0.0646. The molecule has 2 aromatic carbocycles. The van der Waals surface area contributed by atoms with Gasteiger partial charge in [-0.3, -0.25) is 4.79 Å². The van der Waals surface area contributed by atoms with Crippen molar-refractivity contribution >= 4 is 32.4 Å². The number of aryl methyl sites for hydroxylation is 1. The van der Waals surface area contributed by atoms with E-state index < -0.39 is 0 Å². The lowest BCUT2D eigenvalue weighted by Gasteiger charge is -2.17. The average molecular weight is 358 g/mol. The van der Waals surface area contributed by atoms with E-state index >= 15 is 0 Å². The third kappa shape index (κ3) is 2.76. The molecule has 0 aliphatic rings. The predicted octanol–water partition coefficient (Wildman–Crippen LogP) is 3.87. The molecule has 112 valence electrons. The Balaban J connectivity index is 1.91. The lowest BCUT2D eigenvalue weighted by Crippen LogP contribution is -2.22. The first kappa shape index (κ1) is 14.8.